The molecule has 1 atom stereocenters. The van der Waals surface area contributed by atoms with Crippen LogP contribution in [0.15, 0.2) is 12.1 Å². The lowest BCUT2D eigenvalue weighted by molar-refractivity contribution is 0.154. The number of aliphatic hydroxyl groups excluding tert-OH is 2. The van der Waals surface area contributed by atoms with E-state index in [1.54, 1.807) is 0 Å². The van der Waals surface area contributed by atoms with Crippen LogP contribution in [0.5, 0.6) is 0 Å². The third-order valence-corrected chi connectivity index (χ3v) is 3.33. The van der Waals surface area contributed by atoms with Crippen molar-refractivity contribution < 1.29 is 10.2 Å². The van der Waals surface area contributed by atoms with Gasteiger partial charge in [-0.25, -0.2) is 4.98 Å². The van der Waals surface area contributed by atoms with Gasteiger partial charge in [0.05, 0.1) is 12.7 Å². The fourth-order valence-corrected chi connectivity index (χ4v) is 2.43. The SMILES string of the molecule is CCCc1cc(CO)cc(N2CCCC(O)C2)n1. The van der Waals surface area contributed by atoms with Crippen molar-refractivity contribution in [3.8, 4) is 0 Å². The van der Waals surface area contributed by atoms with E-state index in [1.165, 1.54) is 0 Å². The zero-order valence-corrected chi connectivity index (χ0v) is 11.0. The number of pyridine rings is 1. The van der Waals surface area contributed by atoms with Crippen molar-refractivity contribution >= 4 is 5.82 Å². The van der Waals surface area contributed by atoms with E-state index in [0.717, 1.165) is 49.3 Å². The second-order valence-corrected chi connectivity index (χ2v) is 4.98. The van der Waals surface area contributed by atoms with Crippen LogP contribution in [0.2, 0.25) is 0 Å². The molecule has 0 radical (unpaired) electrons. The van der Waals surface area contributed by atoms with Gasteiger partial charge in [-0.2, -0.15) is 0 Å². The first-order valence-electron chi connectivity index (χ1n) is 6.76. The first-order chi connectivity index (χ1) is 8.72. The highest BCUT2D eigenvalue weighted by atomic mass is 16.3. The molecule has 1 aliphatic heterocycles. The summed E-state index contributed by atoms with van der Waals surface area (Å²) in [7, 11) is 0. The topological polar surface area (TPSA) is 56.6 Å². The Morgan fingerprint density at radius 3 is 2.94 bits per heavy atom. The van der Waals surface area contributed by atoms with Gasteiger partial charge in [0.25, 0.3) is 0 Å². The highest BCUT2D eigenvalue weighted by molar-refractivity contribution is 5.43. The Bertz CT molecular complexity index is 395. The van der Waals surface area contributed by atoms with E-state index < -0.39 is 0 Å². The number of piperidine rings is 1. The molecular formula is C14H22N2O2. The molecule has 0 amide bonds. The summed E-state index contributed by atoms with van der Waals surface area (Å²) in [5.74, 6) is 0.892. The van der Waals surface area contributed by atoms with Crippen molar-refractivity contribution in [3.05, 3.63) is 23.4 Å². The minimum absolute atomic E-state index is 0.0443. The number of aliphatic hydroxyl groups is 2. The van der Waals surface area contributed by atoms with Crippen LogP contribution in [-0.4, -0.2) is 34.4 Å². The van der Waals surface area contributed by atoms with Gasteiger partial charge < -0.3 is 15.1 Å². The van der Waals surface area contributed by atoms with E-state index in [0.29, 0.717) is 6.54 Å². The molecule has 1 fully saturated rings. The number of aryl methyl sites for hydroxylation is 1. The largest absolute Gasteiger partial charge is 0.392 e. The third kappa shape index (κ3) is 3.21. The van der Waals surface area contributed by atoms with Crippen LogP contribution in [-0.2, 0) is 13.0 Å². The lowest BCUT2D eigenvalue weighted by Crippen LogP contribution is -2.38. The molecule has 1 aromatic heterocycles. The predicted molar refractivity (Wildman–Crippen MR) is 71.6 cm³/mol. The number of nitrogens with zero attached hydrogens (tertiary/aromatic N) is 2. The normalized spacial score (nSPS) is 20.2. The predicted octanol–water partition coefficient (Wildman–Crippen LogP) is 1.49. The molecule has 0 saturated carbocycles. The molecule has 1 aliphatic rings. The summed E-state index contributed by atoms with van der Waals surface area (Å²) in [6.07, 6.45) is 3.59. The van der Waals surface area contributed by atoms with Crippen molar-refractivity contribution in [3.63, 3.8) is 0 Å². The lowest BCUT2D eigenvalue weighted by atomic mass is 10.1. The maximum atomic E-state index is 9.72. The summed E-state index contributed by atoms with van der Waals surface area (Å²) >= 11 is 0. The molecule has 0 spiro atoms. The maximum Gasteiger partial charge on any atom is 0.129 e. The standard InChI is InChI=1S/C14H22N2O2/c1-2-4-12-7-11(10-17)8-14(15-12)16-6-3-5-13(18)9-16/h7-8,13,17-18H,2-6,9-10H2,1H3. The van der Waals surface area contributed by atoms with Gasteiger partial charge in [-0.05, 0) is 37.0 Å². The van der Waals surface area contributed by atoms with Crippen LogP contribution < -0.4 is 4.90 Å². The van der Waals surface area contributed by atoms with Gasteiger partial charge in [-0.15, -0.1) is 0 Å². The maximum absolute atomic E-state index is 9.72. The lowest BCUT2D eigenvalue weighted by Gasteiger charge is -2.31. The Morgan fingerprint density at radius 2 is 2.28 bits per heavy atom. The summed E-state index contributed by atoms with van der Waals surface area (Å²) in [4.78, 5) is 6.75. The van der Waals surface area contributed by atoms with Crippen LogP contribution in [0, 0.1) is 0 Å². The molecule has 0 aliphatic carbocycles. The Kier molecular flexibility index (Phi) is 4.55. The van der Waals surface area contributed by atoms with Gasteiger partial charge in [0, 0.05) is 18.8 Å². The van der Waals surface area contributed by atoms with Gasteiger partial charge in [-0.1, -0.05) is 13.3 Å². The molecule has 1 saturated heterocycles. The van der Waals surface area contributed by atoms with Crippen molar-refractivity contribution in [2.75, 3.05) is 18.0 Å². The van der Waals surface area contributed by atoms with Gasteiger partial charge >= 0.3 is 0 Å². The summed E-state index contributed by atoms with van der Waals surface area (Å²) in [5.41, 5.74) is 1.93. The monoisotopic (exact) mass is 250 g/mol. The minimum Gasteiger partial charge on any atom is -0.392 e. The molecule has 4 nitrogen and oxygen atoms in total. The smallest absolute Gasteiger partial charge is 0.129 e. The van der Waals surface area contributed by atoms with E-state index >= 15 is 0 Å². The fraction of sp³-hybridized carbons (Fsp3) is 0.643. The van der Waals surface area contributed by atoms with Crippen LogP contribution in [0.3, 0.4) is 0 Å². The molecular weight excluding hydrogens is 228 g/mol. The summed E-state index contributed by atoms with van der Waals surface area (Å²) in [6, 6.07) is 3.89. The molecule has 0 aromatic carbocycles. The molecule has 18 heavy (non-hydrogen) atoms. The highest BCUT2D eigenvalue weighted by Crippen LogP contribution is 2.20. The Labute approximate surface area is 108 Å². The molecule has 4 heteroatoms. The van der Waals surface area contributed by atoms with Crippen LogP contribution in [0.25, 0.3) is 0 Å². The van der Waals surface area contributed by atoms with Crippen molar-refractivity contribution in [1.82, 2.24) is 4.98 Å². The fourth-order valence-electron chi connectivity index (χ4n) is 2.43. The second kappa shape index (κ2) is 6.16. The van der Waals surface area contributed by atoms with Crippen LogP contribution in [0.4, 0.5) is 5.82 Å². The first kappa shape index (κ1) is 13.3. The number of anilines is 1. The van der Waals surface area contributed by atoms with Crippen molar-refractivity contribution in [2.24, 2.45) is 0 Å². The molecule has 2 rings (SSSR count). The van der Waals surface area contributed by atoms with Gasteiger partial charge in [0.15, 0.2) is 0 Å². The van der Waals surface area contributed by atoms with Crippen molar-refractivity contribution in [2.45, 2.75) is 45.3 Å². The van der Waals surface area contributed by atoms with E-state index in [1.807, 2.05) is 12.1 Å². The third-order valence-electron chi connectivity index (χ3n) is 3.33. The van der Waals surface area contributed by atoms with E-state index in [-0.39, 0.29) is 12.7 Å². The molecule has 2 N–H and O–H groups in total. The van der Waals surface area contributed by atoms with Gasteiger partial charge in [0.1, 0.15) is 5.82 Å². The van der Waals surface area contributed by atoms with E-state index in [2.05, 4.69) is 16.8 Å². The summed E-state index contributed by atoms with van der Waals surface area (Å²) in [6.45, 7) is 3.75. The van der Waals surface area contributed by atoms with E-state index in [4.69, 9.17) is 0 Å². The number of rotatable bonds is 4. The summed E-state index contributed by atoms with van der Waals surface area (Å²) < 4.78 is 0. The average Bonchev–Trinajstić information content (AvgIpc) is 2.39. The van der Waals surface area contributed by atoms with Crippen molar-refractivity contribution in [1.29, 1.82) is 0 Å². The zero-order valence-electron chi connectivity index (χ0n) is 11.0. The minimum atomic E-state index is -0.257. The van der Waals surface area contributed by atoms with E-state index in [9.17, 15) is 10.2 Å². The zero-order chi connectivity index (χ0) is 13.0. The van der Waals surface area contributed by atoms with Crippen LogP contribution >= 0.6 is 0 Å². The van der Waals surface area contributed by atoms with Gasteiger partial charge in [-0.3, -0.25) is 0 Å². The second-order valence-electron chi connectivity index (χ2n) is 4.98. The number of hydrogen-bond donors (Lipinski definition) is 2. The Hall–Kier alpha value is -1.13. The number of aromatic nitrogens is 1. The highest BCUT2D eigenvalue weighted by Gasteiger charge is 2.19. The molecule has 2 heterocycles. The Balaban J connectivity index is 2.22. The Morgan fingerprint density at radius 1 is 1.44 bits per heavy atom. The molecule has 1 aromatic rings. The number of hydrogen-bond acceptors (Lipinski definition) is 4. The van der Waals surface area contributed by atoms with Gasteiger partial charge in [0.2, 0.25) is 0 Å². The number of β-amino-alcohol motifs (C(OH)–C–C–N with tert-alkyl or cyclic N) is 1. The molecule has 1 unspecified atom stereocenters. The molecule has 100 valence electrons. The first-order valence-corrected chi connectivity index (χ1v) is 6.76. The van der Waals surface area contributed by atoms with Crippen LogP contribution in [0.1, 0.15) is 37.4 Å². The average molecular weight is 250 g/mol. The molecule has 0 bridgehead atoms. The summed E-state index contributed by atoms with van der Waals surface area (Å²) in [5, 5.41) is 19.0. The quantitative estimate of drug-likeness (QED) is 0.850.